The zero-order valence-electron chi connectivity index (χ0n) is 17.5. The van der Waals surface area contributed by atoms with E-state index in [4.69, 9.17) is 0 Å². The minimum absolute atomic E-state index is 0.108. The Kier molecular flexibility index (Phi) is 4.85. The van der Waals surface area contributed by atoms with Gasteiger partial charge in [-0.15, -0.1) is 0 Å². The van der Waals surface area contributed by atoms with Gasteiger partial charge in [0.25, 0.3) is 0 Å². The number of nitrogens with zero attached hydrogens (tertiary/aromatic N) is 1. The lowest BCUT2D eigenvalue weighted by Gasteiger charge is -2.61. The van der Waals surface area contributed by atoms with Gasteiger partial charge in [0.05, 0.1) is 6.04 Å². The van der Waals surface area contributed by atoms with Crippen molar-refractivity contribution in [3.63, 3.8) is 0 Å². The molecule has 4 fully saturated rings. The fourth-order valence-corrected chi connectivity index (χ4v) is 8.54. The summed E-state index contributed by atoms with van der Waals surface area (Å²) in [5.74, 6) is 4.36. The fourth-order valence-electron chi connectivity index (χ4n) is 8.54. The van der Waals surface area contributed by atoms with E-state index < -0.39 is 0 Å². The average molecular weight is 358 g/mol. The molecule has 2 heteroatoms. The average Bonchev–Trinajstić information content (AvgIpc) is 2.98. The smallest absolute Gasteiger partial charge is 0.0922 e. The molecule has 8 atom stereocenters. The highest BCUT2D eigenvalue weighted by Gasteiger charge is 2.60. The number of nitroso groups, excluding NO2 is 1. The van der Waals surface area contributed by atoms with Crippen LogP contribution in [0, 0.1) is 45.3 Å². The molecule has 0 N–H and O–H groups in total. The molecule has 26 heavy (non-hydrogen) atoms. The summed E-state index contributed by atoms with van der Waals surface area (Å²) in [4.78, 5) is 11.1. The molecule has 4 aliphatic rings. The minimum Gasteiger partial charge on any atom is -0.151 e. The molecular formula is C24H39NO. The van der Waals surface area contributed by atoms with E-state index in [1.807, 2.05) is 0 Å². The lowest BCUT2D eigenvalue weighted by atomic mass is 9.44. The topological polar surface area (TPSA) is 29.4 Å². The molecule has 0 bridgehead atoms. The Morgan fingerprint density at radius 2 is 1.73 bits per heavy atom. The lowest BCUT2D eigenvalue weighted by Crippen LogP contribution is -2.53. The van der Waals surface area contributed by atoms with Crippen LogP contribution in [-0.4, -0.2) is 6.04 Å². The van der Waals surface area contributed by atoms with Crippen molar-refractivity contribution in [2.75, 3.05) is 0 Å². The van der Waals surface area contributed by atoms with Crippen molar-refractivity contribution in [3.05, 3.63) is 16.6 Å². The first kappa shape index (κ1) is 18.7. The first-order valence-corrected chi connectivity index (χ1v) is 11.4. The Morgan fingerprint density at radius 3 is 2.46 bits per heavy atom. The number of hydrogen-bond donors (Lipinski definition) is 0. The quantitative estimate of drug-likeness (QED) is 0.390. The van der Waals surface area contributed by atoms with Crippen molar-refractivity contribution in [1.29, 1.82) is 0 Å². The van der Waals surface area contributed by atoms with Gasteiger partial charge in [-0.25, -0.2) is 0 Å². The summed E-state index contributed by atoms with van der Waals surface area (Å²) >= 11 is 0. The molecule has 0 aromatic carbocycles. The van der Waals surface area contributed by atoms with Gasteiger partial charge in [-0.1, -0.05) is 37.6 Å². The number of hydrogen-bond acceptors (Lipinski definition) is 2. The molecule has 4 rings (SSSR count). The Bertz CT molecular complexity index is 583. The summed E-state index contributed by atoms with van der Waals surface area (Å²) in [5.41, 5.74) is 2.70. The SMILES string of the molecule is CC/C=C(\C)[C@H]1CCC2C3CC[C@H]4CC(N=O)CC[C@]4(C)C3CC[C@@]21C. The van der Waals surface area contributed by atoms with E-state index in [9.17, 15) is 4.91 Å². The summed E-state index contributed by atoms with van der Waals surface area (Å²) in [6, 6.07) is 0.108. The number of allylic oxidation sites excluding steroid dienone is 2. The highest BCUT2D eigenvalue weighted by atomic mass is 16.3. The normalized spacial score (nSPS) is 51.3. The minimum atomic E-state index is 0.108. The van der Waals surface area contributed by atoms with Crippen LogP contribution in [0.2, 0.25) is 0 Å². The highest BCUT2D eigenvalue weighted by molar-refractivity contribution is 5.17. The summed E-state index contributed by atoms with van der Waals surface area (Å²) in [6.45, 7) is 9.91. The van der Waals surface area contributed by atoms with E-state index in [1.165, 1.54) is 51.4 Å². The van der Waals surface area contributed by atoms with Crippen molar-refractivity contribution in [3.8, 4) is 0 Å². The molecule has 4 saturated carbocycles. The maximum Gasteiger partial charge on any atom is 0.0922 e. The largest absolute Gasteiger partial charge is 0.151 e. The van der Waals surface area contributed by atoms with Crippen LogP contribution in [0.5, 0.6) is 0 Å². The fraction of sp³-hybridized carbons (Fsp3) is 0.917. The highest BCUT2D eigenvalue weighted by Crippen LogP contribution is 2.68. The van der Waals surface area contributed by atoms with Crippen LogP contribution in [0.3, 0.4) is 0 Å². The van der Waals surface area contributed by atoms with Gasteiger partial charge in [0.15, 0.2) is 0 Å². The molecule has 0 aromatic rings. The molecule has 0 saturated heterocycles. The van der Waals surface area contributed by atoms with Crippen molar-refractivity contribution >= 4 is 0 Å². The van der Waals surface area contributed by atoms with E-state index in [0.717, 1.165) is 42.4 Å². The Balaban J connectivity index is 1.57. The second-order valence-corrected chi connectivity index (χ2v) is 10.7. The summed E-state index contributed by atoms with van der Waals surface area (Å²) in [5, 5.41) is 3.43. The molecule has 146 valence electrons. The number of rotatable bonds is 3. The Morgan fingerprint density at radius 1 is 1.00 bits per heavy atom. The first-order chi connectivity index (χ1) is 12.4. The van der Waals surface area contributed by atoms with Crippen molar-refractivity contribution in [2.45, 2.75) is 97.9 Å². The van der Waals surface area contributed by atoms with Crippen LogP contribution >= 0.6 is 0 Å². The van der Waals surface area contributed by atoms with Crippen LogP contribution in [0.15, 0.2) is 16.8 Å². The van der Waals surface area contributed by atoms with Gasteiger partial charge in [-0.05, 0) is 112 Å². The van der Waals surface area contributed by atoms with Crippen LogP contribution in [-0.2, 0) is 0 Å². The Hall–Kier alpha value is -0.660. The zero-order chi connectivity index (χ0) is 18.5. The molecule has 0 amide bonds. The second-order valence-electron chi connectivity index (χ2n) is 10.7. The van der Waals surface area contributed by atoms with E-state index in [-0.39, 0.29) is 6.04 Å². The number of fused-ring (bicyclic) bond motifs is 5. The molecule has 0 spiro atoms. The van der Waals surface area contributed by atoms with E-state index in [1.54, 1.807) is 5.57 Å². The molecule has 0 radical (unpaired) electrons. The molecule has 0 aliphatic heterocycles. The predicted molar refractivity (Wildman–Crippen MR) is 109 cm³/mol. The molecule has 2 nitrogen and oxygen atoms in total. The zero-order valence-corrected chi connectivity index (χ0v) is 17.5. The van der Waals surface area contributed by atoms with Crippen LogP contribution in [0.1, 0.15) is 91.9 Å². The van der Waals surface area contributed by atoms with Crippen molar-refractivity contribution in [2.24, 2.45) is 45.6 Å². The van der Waals surface area contributed by atoms with E-state index >= 15 is 0 Å². The first-order valence-electron chi connectivity index (χ1n) is 11.4. The maximum atomic E-state index is 11.1. The van der Waals surface area contributed by atoms with Gasteiger partial charge in [-0.3, -0.25) is 0 Å². The standard InChI is InChI=1S/C24H39NO/c1-5-6-16(2)20-9-10-21-19-8-7-17-15-18(25-26)11-13-23(17,3)22(19)12-14-24(20,21)4/h6,17-22H,5,7-15H2,1-4H3/b16-6+/t17-,18?,19?,20+,21?,22?,23-,24+/m0/s1. The van der Waals surface area contributed by atoms with Gasteiger partial charge in [-0.2, -0.15) is 4.91 Å². The van der Waals surface area contributed by atoms with Crippen LogP contribution in [0.4, 0.5) is 0 Å². The van der Waals surface area contributed by atoms with Gasteiger partial charge < -0.3 is 0 Å². The van der Waals surface area contributed by atoms with Crippen LogP contribution in [0.25, 0.3) is 0 Å². The lowest BCUT2D eigenvalue weighted by molar-refractivity contribution is -0.110. The third kappa shape index (κ3) is 2.65. The van der Waals surface area contributed by atoms with Crippen LogP contribution < -0.4 is 0 Å². The third-order valence-corrected chi connectivity index (χ3v) is 9.86. The van der Waals surface area contributed by atoms with Crippen molar-refractivity contribution < 1.29 is 0 Å². The van der Waals surface area contributed by atoms with Gasteiger partial charge in [0, 0.05) is 0 Å². The second kappa shape index (κ2) is 6.74. The van der Waals surface area contributed by atoms with E-state index in [0.29, 0.717) is 10.8 Å². The van der Waals surface area contributed by atoms with E-state index in [2.05, 4.69) is 38.9 Å². The van der Waals surface area contributed by atoms with Gasteiger partial charge >= 0.3 is 0 Å². The van der Waals surface area contributed by atoms with Gasteiger partial charge in [0.2, 0.25) is 0 Å². The molecule has 4 unspecified atom stereocenters. The molecule has 0 aromatic heterocycles. The summed E-state index contributed by atoms with van der Waals surface area (Å²) < 4.78 is 0. The Labute approximate surface area is 160 Å². The summed E-state index contributed by atoms with van der Waals surface area (Å²) in [6.07, 6.45) is 15.5. The summed E-state index contributed by atoms with van der Waals surface area (Å²) in [7, 11) is 0. The van der Waals surface area contributed by atoms with Gasteiger partial charge in [0.1, 0.15) is 0 Å². The third-order valence-electron chi connectivity index (χ3n) is 9.86. The predicted octanol–water partition coefficient (Wildman–Crippen LogP) is 7.14. The monoisotopic (exact) mass is 357 g/mol. The molecule has 0 heterocycles. The molecular weight excluding hydrogens is 318 g/mol. The molecule has 4 aliphatic carbocycles. The maximum absolute atomic E-state index is 11.1. The van der Waals surface area contributed by atoms with Crippen molar-refractivity contribution in [1.82, 2.24) is 0 Å².